The second-order valence-electron chi connectivity index (χ2n) is 22.5. The topological polar surface area (TPSA) is 6.48 Å². The van der Waals surface area contributed by atoms with Gasteiger partial charge in [-0.2, -0.15) is 0 Å². The third-order valence-electron chi connectivity index (χ3n) is 17.0. The third kappa shape index (κ3) is 7.34. The Labute approximate surface area is 455 Å². The van der Waals surface area contributed by atoms with E-state index in [1.165, 1.54) is 45.2 Å². The van der Waals surface area contributed by atoms with Crippen molar-refractivity contribution in [2.45, 2.75) is 52.4 Å². The molecular formula is C74H56F2N2. The SMILES string of the molecule is Cc1ccc(N(c2ccc3c(c2)C(C)(C)c2cc4c(-c5cccc(F)c5)c5c(cc4c(-c4cccc(F)c4)c2-3)C(C)(C)c2cc(N(c3ccc(C)cc3)c3cccc4ccccc34)ccc2-5)c2cccc3ccccc23)cc1. The minimum Gasteiger partial charge on any atom is -0.310 e. The zero-order chi connectivity index (χ0) is 53.2. The van der Waals surface area contributed by atoms with Crippen LogP contribution in [-0.4, -0.2) is 0 Å². The van der Waals surface area contributed by atoms with Gasteiger partial charge in [0.1, 0.15) is 11.6 Å². The van der Waals surface area contributed by atoms with E-state index < -0.39 is 10.8 Å². The van der Waals surface area contributed by atoms with Gasteiger partial charge in [-0.3, -0.25) is 0 Å². The van der Waals surface area contributed by atoms with Gasteiger partial charge in [0.05, 0.1) is 11.4 Å². The van der Waals surface area contributed by atoms with Crippen LogP contribution in [0.15, 0.2) is 231 Å². The fourth-order valence-electron chi connectivity index (χ4n) is 13.1. The predicted octanol–water partition coefficient (Wildman–Crippen LogP) is 20.9. The molecular weight excluding hydrogens is 955 g/mol. The zero-order valence-corrected chi connectivity index (χ0v) is 44.6. The van der Waals surface area contributed by atoms with Gasteiger partial charge in [-0.15, -0.1) is 0 Å². The summed E-state index contributed by atoms with van der Waals surface area (Å²) in [5.41, 5.74) is 20.4. The second kappa shape index (κ2) is 17.7. The number of anilines is 6. The molecule has 14 rings (SSSR count). The molecule has 0 radical (unpaired) electrons. The lowest BCUT2D eigenvalue weighted by atomic mass is 9.76. The lowest BCUT2D eigenvalue weighted by Crippen LogP contribution is -2.17. The van der Waals surface area contributed by atoms with Crippen LogP contribution in [0, 0.1) is 25.5 Å². The van der Waals surface area contributed by atoms with Crippen molar-refractivity contribution < 1.29 is 8.78 Å². The summed E-state index contributed by atoms with van der Waals surface area (Å²) in [7, 11) is 0. The summed E-state index contributed by atoms with van der Waals surface area (Å²) in [6.45, 7) is 13.5. The Bertz CT molecular complexity index is 4140. The van der Waals surface area contributed by atoms with Gasteiger partial charge in [0, 0.05) is 44.4 Å². The molecule has 78 heavy (non-hydrogen) atoms. The number of hydrogen-bond donors (Lipinski definition) is 0. The van der Waals surface area contributed by atoms with Gasteiger partial charge < -0.3 is 9.80 Å². The molecule has 0 spiro atoms. The Morgan fingerprint density at radius 1 is 0.308 bits per heavy atom. The molecule has 0 heterocycles. The van der Waals surface area contributed by atoms with Gasteiger partial charge in [0.25, 0.3) is 0 Å². The first-order valence-electron chi connectivity index (χ1n) is 27.0. The number of rotatable bonds is 8. The van der Waals surface area contributed by atoms with Gasteiger partial charge >= 0.3 is 0 Å². The summed E-state index contributed by atoms with van der Waals surface area (Å²) in [5, 5.41) is 6.67. The van der Waals surface area contributed by atoms with E-state index in [9.17, 15) is 0 Å². The summed E-state index contributed by atoms with van der Waals surface area (Å²) in [6, 6.07) is 80.5. The quantitative estimate of drug-likeness (QED) is 0.150. The fourth-order valence-corrected chi connectivity index (χ4v) is 13.1. The van der Waals surface area contributed by atoms with Gasteiger partial charge in [0.15, 0.2) is 0 Å². The first-order chi connectivity index (χ1) is 37.8. The van der Waals surface area contributed by atoms with Crippen molar-refractivity contribution in [2.75, 3.05) is 9.80 Å². The van der Waals surface area contributed by atoms with Crippen LogP contribution in [-0.2, 0) is 10.8 Å². The van der Waals surface area contributed by atoms with E-state index in [1.54, 1.807) is 12.1 Å². The van der Waals surface area contributed by atoms with Crippen LogP contribution in [0.1, 0.15) is 61.1 Å². The van der Waals surface area contributed by atoms with Crippen molar-refractivity contribution in [3.8, 4) is 44.5 Å². The maximum atomic E-state index is 16.0. The summed E-state index contributed by atoms with van der Waals surface area (Å²) in [6.07, 6.45) is 0. The molecule has 0 aromatic heterocycles. The number of hydrogen-bond acceptors (Lipinski definition) is 2. The molecule has 0 atom stereocenters. The van der Waals surface area contributed by atoms with Gasteiger partial charge in [-0.25, -0.2) is 8.78 Å². The van der Waals surface area contributed by atoms with Crippen molar-refractivity contribution >= 4 is 66.4 Å². The molecule has 2 nitrogen and oxygen atoms in total. The first kappa shape index (κ1) is 47.3. The van der Waals surface area contributed by atoms with Crippen LogP contribution >= 0.6 is 0 Å². The average Bonchev–Trinajstić information content (AvgIpc) is 3.71. The van der Waals surface area contributed by atoms with E-state index in [0.29, 0.717) is 0 Å². The lowest BCUT2D eigenvalue weighted by Gasteiger charge is -2.29. The summed E-state index contributed by atoms with van der Waals surface area (Å²) in [4.78, 5) is 4.76. The standard InChI is InChI=1S/C74H56F2N2/c1-45-27-31-53(32-28-45)77(67-25-13-17-47-15-7-9-23-57(47)67)55-35-37-59-63(41-55)73(3,4)65-43-61-62(69(71(59)65)49-19-11-21-51(75)39-49)44-66-72(70(61)50-20-12-22-52(76)40-50)60-38-36-56(42-64(60)74(66,5)6)78(54-33-29-46(2)30-34-54)68-26-14-18-48-16-8-10-24-58(48)68/h7-44H,1-6H3. The van der Waals surface area contributed by atoms with Crippen LogP contribution in [0.25, 0.3) is 76.8 Å². The molecule has 0 unspecified atom stereocenters. The Balaban J connectivity index is 1.02. The monoisotopic (exact) mass is 1010 g/mol. The predicted molar refractivity (Wildman–Crippen MR) is 324 cm³/mol. The van der Waals surface area contributed by atoms with Crippen molar-refractivity contribution in [2.24, 2.45) is 0 Å². The molecule has 0 fully saturated rings. The largest absolute Gasteiger partial charge is 0.310 e. The van der Waals surface area contributed by atoms with Gasteiger partial charge in [-0.05, 0) is 199 Å². The summed E-state index contributed by atoms with van der Waals surface area (Å²) in [5.74, 6) is -0.600. The van der Waals surface area contributed by atoms with E-state index in [2.05, 4.69) is 233 Å². The number of halogens is 2. The van der Waals surface area contributed by atoms with Crippen LogP contribution < -0.4 is 9.80 Å². The third-order valence-corrected chi connectivity index (χ3v) is 17.0. The van der Waals surface area contributed by atoms with Crippen LogP contribution in [0.2, 0.25) is 0 Å². The maximum Gasteiger partial charge on any atom is 0.123 e. The smallest absolute Gasteiger partial charge is 0.123 e. The van der Waals surface area contributed by atoms with Crippen molar-refractivity contribution in [1.82, 2.24) is 0 Å². The zero-order valence-electron chi connectivity index (χ0n) is 44.6. The highest BCUT2D eigenvalue weighted by Crippen LogP contribution is 2.61. The Kier molecular flexibility index (Phi) is 10.8. The Morgan fingerprint density at radius 3 is 1.09 bits per heavy atom. The van der Waals surface area contributed by atoms with Crippen molar-refractivity contribution in [3.05, 3.63) is 276 Å². The molecule has 0 saturated carbocycles. The lowest BCUT2D eigenvalue weighted by molar-refractivity contribution is 0.628. The highest BCUT2D eigenvalue weighted by Gasteiger charge is 2.43. The van der Waals surface area contributed by atoms with E-state index in [-0.39, 0.29) is 11.6 Å². The summed E-state index contributed by atoms with van der Waals surface area (Å²) >= 11 is 0. The number of aryl methyl sites for hydroxylation is 2. The number of fused-ring (bicyclic) bond motifs is 9. The van der Waals surface area contributed by atoms with E-state index in [4.69, 9.17) is 0 Å². The molecule has 2 aliphatic rings. The van der Waals surface area contributed by atoms with Crippen LogP contribution in [0.5, 0.6) is 0 Å². The fraction of sp³-hybridized carbons (Fsp3) is 0.108. The van der Waals surface area contributed by atoms with Gasteiger partial charge in [0.2, 0.25) is 0 Å². The van der Waals surface area contributed by atoms with Crippen LogP contribution in [0.4, 0.5) is 42.9 Å². The molecule has 376 valence electrons. The minimum atomic E-state index is -0.514. The Morgan fingerprint density at radius 2 is 0.679 bits per heavy atom. The molecule has 0 aliphatic heterocycles. The molecule has 2 aliphatic carbocycles. The van der Waals surface area contributed by atoms with E-state index in [1.807, 2.05) is 24.3 Å². The van der Waals surface area contributed by atoms with E-state index >= 15 is 8.78 Å². The highest BCUT2D eigenvalue weighted by atomic mass is 19.1. The van der Waals surface area contributed by atoms with Gasteiger partial charge in [-0.1, -0.05) is 172 Å². The number of benzene rings is 12. The molecule has 0 N–H and O–H groups in total. The Hall–Kier alpha value is -9.12. The first-order valence-corrected chi connectivity index (χ1v) is 27.0. The average molecular weight is 1010 g/mol. The normalized spacial score (nSPS) is 13.6. The molecule has 12 aromatic carbocycles. The molecule has 4 heteroatoms. The van der Waals surface area contributed by atoms with E-state index in [0.717, 1.165) is 111 Å². The molecule has 12 aromatic rings. The number of nitrogens with zero attached hydrogens (tertiary/aromatic N) is 2. The maximum absolute atomic E-state index is 16.0. The van der Waals surface area contributed by atoms with Crippen LogP contribution in [0.3, 0.4) is 0 Å². The summed E-state index contributed by atoms with van der Waals surface area (Å²) < 4.78 is 31.9. The second-order valence-corrected chi connectivity index (χ2v) is 22.5. The minimum absolute atomic E-state index is 0.300. The van der Waals surface area contributed by atoms with Crippen molar-refractivity contribution in [1.29, 1.82) is 0 Å². The van der Waals surface area contributed by atoms with Crippen molar-refractivity contribution in [3.63, 3.8) is 0 Å². The molecule has 0 amide bonds. The highest BCUT2D eigenvalue weighted by molar-refractivity contribution is 6.17. The molecule has 0 bridgehead atoms. The molecule has 0 saturated heterocycles.